The third kappa shape index (κ3) is 3.28. The fourth-order valence-corrected chi connectivity index (χ4v) is 5.49. The van der Waals surface area contributed by atoms with Crippen molar-refractivity contribution in [2.75, 3.05) is 0 Å². The van der Waals surface area contributed by atoms with Crippen LogP contribution in [0.1, 0.15) is 41.5 Å². The summed E-state index contributed by atoms with van der Waals surface area (Å²) in [5.74, 6) is 0.243. The zero-order valence-corrected chi connectivity index (χ0v) is 14.5. The van der Waals surface area contributed by atoms with Crippen molar-refractivity contribution in [2.24, 2.45) is 11.8 Å². The number of aliphatic carboxylic acids is 1. The van der Waals surface area contributed by atoms with Gasteiger partial charge in [-0.25, -0.2) is 13.1 Å². The summed E-state index contributed by atoms with van der Waals surface area (Å²) < 4.78 is 28.4. The van der Waals surface area contributed by atoms with Gasteiger partial charge in [0.05, 0.1) is 11.3 Å². The SMILES string of the molecule is Cc1cc(C)c(S(=O)(=O)N[C@@H]2C[C@H]2C2CC2)c(C)c1CC(=O)O. The minimum atomic E-state index is -3.62. The number of hydrogen-bond acceptors (Lipinski definition) is 3. The van der Waals surface area contributed by atoms with Crippen LogP contribution in [0.25, 0.3) is 0 Å². The molecule has 0 radical (unpaired) electrons. The van der Waals surface area contributed by atoms with Gasteiger partial charge in [-0.2, -0.15) is 0 Å². The van der Waals surface area contributed by atoms with E-state index in [9.17, 15) is 13.2 Å². The molecule has 6 heteroatoms. The Morgan fingerprint density at radius 2 is 1.91 bits per heavy atom. The molecule has 0 aromatic heterocycles. The lowest BCUT2D eigenvalue weighted by atomic mass is 9.97. The van der Waals surface area contributed by atoms with Crippen molar-refractivity contribution < 1.29 is 18.3 Å². The highest BCUT2D eigenvalue weighted by atomic mass is 32.2. The summed E-state index contributed by atoms with van der Waals surface area (Å²) in [6, 6.07) is 1.82. The number of benzene rings is 1. The maximum atomic E-state index is 12.8. The Balaban J connectivity index is 1.92. The lowest BCUT2D eigenvalue weighted by Gasteiger charge is -2.17. The predicted molar refractivity (Wildman–Crippen MR) is 86.9 cm³/mol. The van der Waals surface area contributed by atoms with Crippen molar-refractivity contribution >= 4 is 16.0 Å². The van der Waals surface area contributed by atoms with Crippen LogP contribution in [0.4, 0.5) is 0 Å². The van der Waals surface area contributed by atoms with Gasteiger partial charge in [0.25, 0.3) is 0 Å². The van der Waals surface area contributed by atoms with Crippen molar-refractivity contribution in [3.8, 4) is 0 Å². The third-order valence-electron chi connectivity index (χ3n) is 5.03. The second-order valence-electron chi connectivity index (χ2n) is 6.98. The van der Waals surface area contributed by atoms with Gasteiger partial charge in [-0.1, -0.05) is 6.07 Å². The van der Waals surface area contributed by atoms with Gasteiger partial charge in [0.1, 0.15) is 0 Å². The molecule has 2 saturated carbocycles. The molecule has 2 atom stereocenters. The smallest absolute Gasteiger partial charge is 0.307 e. The number of carbonyl (C=O) groups is 1. The van der Waals surface area contributed by atoms with Crippen LogP contribution < -0.4 is 4.72 Å². The summed E-state index contributed by atoms with van der Waals surface area (Å²) in [7, 11) is -3.62. The number of carboxylic acid groups (broad SMARTS) is 1. The Morgan fingerprint density at radius 1 is 1.26 bits per heavy atom. The summed E-state index contributed by atoms with van der Waals surface area (Å²) in [6.45, 7) is 5.30. The van der Waals surface area contributed by atoms with E-state index in [1.165, 1.54) is 12.8 Å². The minimum absolute atomic E-state index is 0.0514. The zero-order chi connectivity index (χ0) is 16.9. The predicted octanol–water partition coefficient (Wildman–Crippen LogP) is 2.32. The van der Waals surface area contributed by atoms with Crippen LogP contribution in [0.5, 0.6) is 0 Å². The number of nitrogens with one attached hydrogen (secondary N) is 1. The van der Waals surface area contributed by atoms with Gasteiger partial charge in [-0.05, 0) is 74.1 Å². The Hall–Kier alpha value is -1.40. The van der Waals surface area contributed by atoms with Crippen molar-refractivity contribution in [1.29, 1.82) is 0 Å². The maximum Gasteiger partial charge on any atom is 0.307 e. The molecule has 2 aliphatic rings. The topological polar surface area (TPSA) is 83.5 Å². The van der Waals surface area contributed by atoms with Crippen LogP contribution in [-0.4, -0.2) is 25.5 Å². The van der Waals surface area contributed by atoms with Crippen molar-refractivity contribution in [3.63, 3.8) is 0 Å². The lowest BCUT2D eigenvalue weighted by molar-refractivity contribution is -0.136. The number of sulfonamides is 1. The molecule has 5 nitrogen and oxygen atoms in total. The number of carboxylic acids is 1. The fourth-order valence-electron chi connectivity index (χ4n) is 3.70. The number of rotatable bonds is 6. The number of aryl methyl sites for hydroxylation is 2. The second-order valence-corrected chi connectivity index (χ2v) is 8.63. The summed E-state index contributed by atoms with van der Waals surface area (Å²) in [4.78, 5) is 11.3. The van der Waals surface area contributed by atoms with E-state index in [1.54, 1.807) is 19.9 Å². The molecule has 0 aliphatic heterocycles. The Bertz CT molecular complexity index is 765. The Kier molecular flexibility index (Phi) is 4.01. The Labute approximate surface area is 137 Å². The molecular formula is C17H23NO4S. The van der Waals surface area contributed by atoms with Gasteiger partial charge in [-0.15, -0.1) is 0 Å². The molecule has 0 bridgehead atoms. The quantitative estimate of drug-likeness (QED) is 0.834. The molecule has 0 saturated heterocycles. The average molecular weight is 337 g/mol. The fraction of sp³-hybridized carbons (Fsp3) is 0.588. The average Bonchev–Trinajstić information content (AvgIpc) is 3.25. The molecule has 2 N–H and O–H groups in total. The van der Waals surface area contributed by atoms with Gasteiger partial charge < -0.3 is 5.11 Å². The van der Waals surface area contributed by atoms with Crippen LogP contribution in [0, 0.1) is 32.6 Å². The largest absolute Gasteiger partial charge is 0.481 e. The maximum absolute atomic E-state index is 12.8. The first-order valence-corrected chi connectivity index (χ1v) is 9.53. The summed E-state index contributed by atoms with van der Waals surface area (Å²) in [5.41, 5.74) is 2.65. The second kappa shape index (κ2) is 5.60. The van der Waals surface area contributed by atoms with Crippen LogP contribution in [-0.2, 0) is 21.2 Å². The normalized spacial score (nSPS) is 23.8. The van der Waals surface area contributed by atoms with Crippen LogP contribution in [0.3, 0.4) is 0 Å². The van der Waals surface area contributed by atoms with E-state index >= 15 is 0 Å². The molecule has 1 aromatic carbocycles. The van der Waals surface area contributed by atoms with Crippen molar-refractivity contribution in [3.05, 3.63) is 28.3 Å². The number of hydrogen-bond donors (Lipinski definition) is 2. The molecule has 23 heavy (non-hydrogen) atoms. The van der Waals surface area contributed by atoms with E-state index in [2.05, 4.69) is 4.72 Å². The summed E-state index contributed by atoms with van der Waals surface area (Å²) >= 11 is 0. The first-order chi connectivity index (χ1) is 10.7. The first kappa shape index (κ1) is 16.5. The standard InChI is InChI=1S/C17H23NO4S/c1-9-6-10(2)17(11(3)13(9)8-16(19)20)23(21,22)18-15-7-14(15)12-4-5-12/h6,12,14-15,18H,4-5,7-8H2,1-3H3,(H,19,20)/t14-,15+/m0/s1. The first-order valence-electron chi connectivity index (χ1n) is 8.04. The molecule has 2 fully saturated rings. The Morgan fingerprint density at radius 3 is 2.48 bits per heavy atom. The van der Waals surface area contributed by atoms with Crippen molar-refractivity contribution in [2.45, 2.75) is 57.4 Å². The van der Waals surface area contributed by atoms with E-state index in [0.717, 1.165) is 12.0 Å². The van der Waals surface area contributed by atoms with E-state index < -0.39 is 16.0 Å². The molecule has 0 spiro atoms. The van der Waals surface area contributed by atoms with Crippen LogP contribution >= 0.6 is 0 Å². The van der Waals surface area contributed by atoms with Gasteiger partial charge in [-0.3, -0.25) is 4.79 Å². The van der Waals surface area contributed by atoms with E-state index in [1.807, 2.05) is 6.92 Å². The zero-order valence-electron chi connectivity index (χ0n) is 13.7. The van der Waals surface area contributed by atoms with Crippen molar-refractivity contribution in [1.82, 2.24) is 4.72 Å². The van der Waals surface area contributed by atoms with Gasteiger partial charge in [0.2, 0.25) is 10.0 Å². The monoisotopic (exact) mass is 337 g/mol. The third-order valence-corrected chi connectivity index (χ3v) is 6.81. The molecule has 2 aliphatic carbocycles. The van der Waals surface area contributed by atoms with Gasteiger partial charge >= 0.3 is 5.97 Å². The molecule has 0 amide bonds. The lowest BCUT2D eigenvalue weighted by Crippen LogP contribution is -2.29. The highest BCUT2D eigenvalue weighted by molar-refractivity contribution is 7.89. The molecule has 3 rings (SSSR count). The van der Waals surface area contributed by atoms with E-state index in [4.69, 9.17) is 5.11 Å². The minimum Gasteiger partial charge on any atom is -0.481 e. The molecule has 126 valence electrons. The molecule has 0 unspecified atom stereocenters. The van der Waals surface area contributed by atoms with Gasteiger partial charge in [0, 0.05) is 6.04 Å². The van der Waals surface area contributed by atoms with Crippen LogP contribution in [0.2, 0.25) is 0 Å². The van der Waals surface area contributed by atoms with E-state index in [-0.39, 0.29) is 17.4 Å². The molecule has 0 heterocycles. The summed E-state index contributed by atoms with van der Waals surface area (Å²) in [6.07, 6.45) is 3.20. The molecule has 1 aromatic rings. The highest BCUT2D eigenvalue weighted by Crippen LogP contribution is 2.50. The van der Waals surface area contributed by atoms with Crippen LogP contribution in [0.15, 0.2) is 11.0 Å². The molecular weight excluding hydrogens is 314 g/mol. The van der Waals surface area contributed by atoms with Gasteiger partial charge in [0.15, 0.2) is 0 Å². The highest BCUT2D eigenvalue weighted by Gasteiger charge is 2.49. The summed E-state index contributed by atoms with van der Waals surface area (Å²) in [5, 5.41) is 9.07. The van der Waals surface area contributed by atoms with E-state index in [0.29, 0.717) is 28.5 Å².